The van der Waals surface area contributed by atoms with Crippen molar-refractivity contribution in [3.8, 4) is 0 Å². The molecule has 1 aromatic carbocycles. The van der Waals surface area contributed by atoms with E-state index in [1.807, 2.05) is 0 Å². The van der Waals surface area contributed by atoms with Gasteiger partial charge in [0.25, 0.3) is 17.2 Å². The van der Waals surface area contributed by atoms with Crippen LogP contribution in [0.15, 0.2) is 41.3 Å². The number of hydrogen-bond donors (Lipinski definition) is 2. The Labute approximate surface area is 140 Å². The van der Waals surface area contributed by atoms with Crippen molar-refractivity contribution in [2.24, 2.45) is 0 Å². The SMILES string of the molecule is Cc1cc([N+](=O)[O-])ccc1NC(=O)COn1cccc(C(=O)O)c1=O. The van der Waals surface area contributed by atoms with Gasteiger partial charge in [-0.05, 0) is 30.7 Å². The molecule has 0 atom stereocenters. The summed E-state index contributed by atoms with van der Waals surface area (Å²) < 4.78 is 0.645. The number of aromatic nitrogens is 1. The zero-order valence-electron chi connectivity index (χ0n) is 13.0. The Balaban J connectivity index is 2.05. The lowest BCUT2D eigenvalue weighted by molar-refractivity contribution is -0.384. The van der Waals surface area contributed by atoms with Gasteiger partial charge in [-0.3, -0.25) is 19.7 Å². The van der Waals surface area contributed by atoms with Crippen molar-refractivity contribution >= 4 is 23.3 Å². The molecule has 0 radical (unpaired) electrons. The standard InChI is InChI=1S/C15H13N3O7/c1-9-7-10(18(23)24)4-5-12(9)16-13(19)8-25-17-6-2-3-11(14(17)20)15(21)22/h2-7H,8H2,1H3,(H,16,19)(H,21,22). The lowest BCUT2D eigenvalue weighted by atomic mass is 10.2. The molecule has 10 nitrogen and oxygen atoms in total. The summed E-state index contributed by atoms with van der Waals surface area (Å²) in [5.74, 6) is -2.03. The summed E-state index contributed by atoms with van der Waals surface area (Å²) in [5.41, 5.74) is -0.675. The second kappa shape index (κ2) is 7.25. The minimum absolute atomic E-state index is 0.108. The first-order chi connectivity index (χ1) is 11.8. The molecule has 0 unspecified atom stereocenters. The number of carbonyl (C=O) groups is 2. The van der Waals surface area contributed by atoms with Gasteiger partial charge in [-0.2, -0.15) is 4.73 Å². The van der Waals surface area contributed by atoms with Crippen LogP contribution in [0, 0.1) is 17.0 Å². The number of hydrogen-bond acceptors (Lipinski definition) is 6. The number of aryl methyl sites for hydroxylation is 1. The number of aromatic carboxylic acids is 1. The Morgan fingerprint density at radius 2 is 2.08 bits per heavy atom. The molecule has 10 heteroatoms. The highest BCUT2D eigenvalue weighted by molar-refractivity contribution is 5.92. The molecule has 0 saturated heterocycles. The summed E-state index contributed by atoms with van der Waals surface area (Å²) in [6, 6.07) is 6.33. The number of carbonyl (C=O) groups excluding carboxylic acids is 1. The topological polar surface area (TPSA) is 141 Å². The molecule has 0 aliphatic carbocycles. The van der Waals surface area contributed by atoms with Crippen molar-refractivity contribution in [1.29, 1.82) is 0 Å². The fourth-order valence-corrected chi connectivity index (χ4v) is 1.96. The quantitative estimate of drug-likeness (QED) is 0.582. The highest BCUT2D eigenvalue weighted by atomic mass is 16.7. The van der Waals surface area contributed by atoms with Gasteiger partial charge >= 0.3 is 5.97 Å². The minimum atomic E-state index is -1.41. The zero-order valence-corrected chi connectivity index (χ0v) is 13.0. The van der Waals surface area contributed by atoms with E-state index in [-0.39, 0.29) is 5.69 Å². The molecular weight excluding hydrogens is 334 g/mol. The molecule has 2 rings (SSSR count). The second-order valence-electron chi connectivity index (χ2n) is 4.94. The number of benzene rings is 1. The van der Waals surface area contributed by atoms with E-state index in [0.717, 1.165) is 6.07 Å². The van der Waals surface area contributed by atoms with E-state index >= 15 is 0 Å². The van der Waals surface area contributed by atoms with Crippen molar-refractivity contribution in [3.05, 3.63) is 68.1 Å². The van der Waals surface area contributed by atoms with Crippen LogP contribution in [0.3, 0.4) is 0 Å². The van der Waals surface area contributed by atoms with E-state index in [9.17, 15) is 24.5 Å². The van der Waals surface area contributed by atoms with Crippen molar-refractivity contribution in [2.75, 3.05) is 11.9 Å². The van der Waals surface area contributed by atoms with E-state index in [4.69, 9.17) is 9.94 Å². The Morgan fingerprint density at radius 3 is 2.68 bits per heavy atom. The number of rotatable bonds is 6. The third-order valence-corrected chi connectivity index (χ3v) is 3.17. The van der Waals surface area contributed by atoms with Crippen molar-refractivity contribution < 1.29 is 24.5 Å². The minimum Gasteiger partial charge on any atom is -0.477 e. The predicted octanol–water partition coefficient (Wildman–Crippen LogP) is 0.830. The lowest BCUT2D eigenvalue weighted by Gasteiger charge is -2.10. The third kappa shape index (κ3) is 4.19. The first-order valence-electron chi connectivity index (χ1n) is 6.92. The van der Waals surface area contributed by atoms with Gasteiger partial charge in [0.15, 0.2) is 6.61 Å². The molecule has 1 heterocycles. The monoisotopic (exact) mass is 347 g/mol. The number of nitro benzene ring substituents is 1. The maximum atomic E-state index is 11.9. The van der Waals surface area contributed by atoms with Crippen LogP contribution < -0.4 is 15.7 Å². The van der Waals surface area contributed by atoms with Crippen molar-refractivity contribution in [1.82, 2.24) is 4.73 Å². The maximum Gasteiger partial charge on any atom is 0.341 e. The Kier molecular flexibility index (Phi) is 5.12. The van der Waals surface area contributed by atoms with E-state index in [1.54, 1.807) is 6.92 Å². The Bertz CT molecular complexity index is 904. The maximum absolute atomic E-state index is 11.9. The molecule has 1 aromatic heterocycles. The molecule has 0 bridgehead atoms. The van der Waals surface area contributed by atoms with Crippen molar-refractivity contribution in [3.63, 3.8) is 0 Å². The van der Waals surface area contributed by atoms with E-state index in [0.29, 0.717) is 16.0 Å². The fourth-order valence-electron chi connectivity index (χ4n) is 1.96. The number of carboxylic acids is 1. The zero-order chi connectivity index (χ0) is 18.6. The summed E-state index contributed by atoms with van der Waals surface area (Å²) >= 11 is 0. The van der Waals surface area contributed by atoms with Crippen LogP contribution in [0.5, 0.6) is 0 Å². The smallest absolute Gasteiger partial charge is 0.341 e. The number of amides is 1. The molecule has 0 spiro atoms. The largest absolute Gasteiger partial charge is 0.477 e. The van der Waals surface area contributed by atoms with Crippen molar-refractivity contribution in [2.45, 2.75) is 6.92 Å². The molecule has 0 aliphatic heterocycles. The number of nitrogens with zero attached hydrogens (tertiary/aromatic N) is 2. The van der Waals surface area contributed by atoms with Gasteiger partial charge in [-0.1, -0.05) is 0 Å². The number of anilines is 1. The van der Waals surface area contributed by atoms with Gasteiger partial charge in [0.05, 0.1) is 4.92 Å². The first-order valence-corrected chi connectivity index (χ1v) is 6.92. The third-order valence-electron chi connectivity index (χ3n) is 3.17. The number of nitro groups is 1. The fraction of sp³-hybridized carbons (Fsp3) is 0.133. The van der Waals surface area contributed by atoms with Crippen LogP contribution in [0.2, 0.25) is 0 Å². The van der Waals surface area contributed by atoms with Crippen LogP contribution in [-0.4, -0.2) is 33.2 Å². The molecule has 2 N–H and O–H groups in total. The molecule has 0 fully saturated rings. The van der Waals surface area contributed by atoms with Gasteiger partial charge in [-0.25, -0.2) is 4.79 Å². The van der Waals surface area contributed by atoms with E-state index in [1.165, 1.54) is 30.5 Å². The molecule has 0 aliphatic rings. The average Bonchev–Trinajstić information content (AvgIpc) is 2.55. The molecular formula is C15H13N3O7. The molecule has 1 amide bonds. The molecule has 2 aromatic rings. The number of nitrogens with one attached hydrogen (secondary N) is 1. The summed E-state index contributed by atoms with van der Waals surface area (Å²) in [6.07, 6.45) is 1.18. The summed E-state index contributed by atoms with van der Waals surface area (Å²) in [7, 11) is 0. The first kappa shape index (κ1) is 17.7. The van der Waals surface area contributed by atoms with Crippen LogP contribution in [-0.2, 0) is 4.79 Å². The molecule has 130 valence electrons. The van der Waals surface area contributed by atoms with Crippen LogP contribution in [0.1, 0.15) is 15.9 Å². The van der Waals surface area contributed by atoms with Crippen LogP contribution in [0.25, 0.3) is 0 Å². The molecule has 0 saturated carbocycles. The van der Waals surface area contributed by atoms with Gasteiger partial charge in [0, 0.05) is 24.0 Å². The Morgan fingerprint density at radius 1 is 1.36 bits per heavy atom. The second-order valence-corrected chi connectivity index (χ2v) is 4.94. The summed E-state index contributed by atoms with van der Waals surface area (Å²) in [4.78, 5) is 49.7. The van der Waals surface area contributed by atoms with E-state index < -0.39 is 34.5 Å². The number of carboxylic acid groups (broad SMARTS) is 1. The van der Waals surface area contributed by atoms with Gasteiger partial charge < -0.3 is 15.3 Å². The van der Waals surface area contributed by atoms with Crippen LogP contribution in [0.4, 0.5) is 11.4 Å². The summed E-state index contributed by atoms with van der Waals surface area (Å²) in [5, 5.41) is 22.0. The van der Waals surface area contributed by atoms with E-state index in [2.05, 4.69) is 5.32 Å². The van der Waals surface area contributed by atoms with Gasteiger partial charge in [0.1, 0.15) is 5.56 Å². The van der Waals surface area contributed by atoms with Crippen LogP contribution >= 0.6 is 0 Å². The normalized spacial score (nSPS) is 10.1. The Hall–Kier alpha value is -3.69. The number of non-ortho nitro benzene ring substituents is 1. The lowest BCUT2D eigenvalue weighted by Crippen LogP contribution is -2.34. The highest BCUT2D eigenvalue weighted by Gasteiger charge is 2.13. The predicted molar refractivity (Wildman–Crippen MR) is 85.6 cm³/mol. The summed E-state index contributed by atoms with van der Waals surface area (Å²) in [6.45, 7) is 1.03. The van der Waals surface area contributed by atoms with Gasteiger partial charge in [-0.15, -0.1) is 0 Å². The highest BCUT2D eigenvalue weighted by Crippen LogP contribution is 2.20. The van der Waals surface area contributed by atoms with Gasteiger partial charge in [0.2, 0.25) is 0 Å². The number of pyridine rings is 1. The molecule has 25 heavy (non-hydrogen) atoms. The average molecular weight is 347 g/mol.